The number of rotatable bonds is 9. The molecule has 14 nitrogen and oxygen atoms in total. The Balaban J connectivity index is 0.00000578. The Morgan fingerprint density at radius 2 is 1.62 bits per heavy atom. The molecule has 0 radical (unpaired) electrons. The number of hydrogen-bond acceptors (Lipinski definition) is 13. The minimum absolute atomic E-state index is 0. The number of azo groups is 1. The van der Waals surface area contributed by atoms with Crippen LogP contribution < -0.4 is 40.6 Å². The van der Waals surface area contributed by atoms with Gasteiger partial charge in [0.2, 0.25) is 16.3 Å². The fourth-order valence-electron chi connectivity index (χ4n) is 2.37. The van der Waals surface area contributed by atoms with Crippen molar-refractivity contribution in [2.24, 2.45) is 10.2 Å². The summed E-state index contributed by atoms with van der Waals surface area (Å²) in [4.78, 5) is 10.4. The van der Waals surface area contributed by atoms with E-state index in [-0.39, 0.29) is 51.5 Å². The Morgan fingerprint density at radius 3 is 2.12 bits per heavy atom. The smallest absolute Gasteiger partial charge is 0.744 e. The third kappa shape index (κ3) is 9.01. The van der Waals surface area contributed by atoms with Crippen molar-refractivity contribution in [3.63, 3.8) is 0 Å². The molecule has 1 amide bonds. The van der Waals surface area contributed by atoms with Crippen molar-refractivity contribution < 1.29 is 72.9 Å². The van der Waals surface area contributed by atoms with Gasteiger partial charge in [-0.1, -0.05) is 0 Å². The van der Waals surface area contributed by atoms with E-state index in [9.17, 15) is 39.2 Å². The van der Waals surface area contributed by atoms with Gasteiger partial charge in [-0.3, -0.25) is 8.98 Å². The number of nitrogens with zero attached hydrogens (tertiary/aromatic N) is 2. The molecular formula is C16H16N4NaO10S3-. The Hall–Kier alpha value is -1.96. The molecule has 3 N–H and O–H groups in total. The standard InChI is InChI=1S/C16H18N4O10S3.Na/c1-10(21)18-14-8-13(17)16(32(24,25)26)9-15(14)20-19-11-2-4-12(5-3-11)31(22,23)7-6-30-33(27,28)29;/h2-5,8-9H,6-7,17H2,1H3,(H,18,21)(H,24,25,26)(H,27,28,29);/q;+1/p-2. The summed E-state index contributed by atoms with van der Waals surface area (Å²) in [6, 6.07) is 6.56. The Morgan fingerprint density at radius 1 is 1.03 bits per heavy atom. The SMILES string of the molecule is CC(=O)Nc1cc(N)c(S(=O)(=O)[O-])cc1N=Nc1ccc(S(=O)(=O)CCOS(=O)(=O)[O-])cc1.[Na+]. The maximum Gasteiger partial charge on any atom is 1.00 e. The van der Waals surface area contributed by atoms with Crippen molar-refractivity contribution in [2.75, 3.05) is 23.4 Å². The number of anilines is 2. The summed E-state index contributed by atoms with van der Waals surface area (Å²) < 4.78 is 93.4. The first-order valence-corrected chi connectivity index (χ1v) is 13.0. The van der Waals surface area contributed by atoms with Gasteiger partial charge in [-0.15, -0.1) is 5.11 Å². The first kappa shape index (κ1) is 30.1. The molecule has 180 valence electrons. The van der Waals surface area contributed by atoms with E-state index in [1.165, 1.54) is 19.1 Å². The monoisotopic (exact) mass is 543 g/mol. The summed E-state index contributed by atoms with van der Waals surface area (Å²) in [5.74, 6) is -1.31. The van der Waals surface area contributed by atoms with E-state index in [2.05, 4.69) is 19.7 Å². The molecule has 0 aliphatic heterocycles. The number of nitrogens with one attached hydrogen (secondary N) is 1. The molecule has 0 saturated heterocycles. The normalized spacial score (nSPS) is 12.3. The third-order valence-corrected chi connectivity index (χ3v) is 6.80. The van der Waals surface area contributed by atoms with E-state index in [1.807, 2.05) is 0 Å². The number of carbonyl (C=O) groups excluding carboxylic acids is 1. The largest absolute Gasteiger partial charge is 1.00 e. The molecule has 0 fully saturated rings. The van der Waals surface area contributed by atoms with E-state index in [0.717, 1.165) is 24.3 Å². The second kappa shape index (κ2) is 11.6. The van der Waals surface area contributed by atoms with Gasteiger partial charge < -0.3 is 20.2 Å². The summed E-state index contributed by atoms with van der Waals surface area (Å²) in [5, 5.41) is 9.97. The number of nitrogen functional groups attached to an aromatic ring is 1. The van der Waals surface area contributed by atoms with Crippen LogP contribution in [-0.2, 0) is 39.3 Å². The molecule has 0 aromatic heterocycles. The molecule has 18 heteroatoms. The van der Waals surface area contributed by atoms with Crippen LogP contribution in [0, 0.1) is 0 Å². The van der Waals surface area contributed by atoms with E-state index in [4.69, 9.17) is 5.73 Å². The van der Waals surface area contributed by atoms with Gasteiger partial charge in [0.05, 0.1) is 39.2 Å². The van der Waals surface area contributed by atoms with Crippen molar-refractivity contribution in [1.82, 2.24) is 0 Å². The van der Waals surface area contributed by atoms with E-state index < -0.39 is 59.2 Å². The zero-order valence-electron chi connectivity index (χ0n) is 17.7. The molecule has 0 aliphatic carbocycles. The molecule has 0 unspecified atom stereocenters. The average molecular weight is 544 g/mol. The summed E-state index contributed by atoms with van der Waals surface area (Å²) in [6.45, 7) is 0.315. The maximum atomic E-state index is 12.1. The predicted octanol–water partition coefficient (Wildman–Crippen LogP) is -2.20. The van der Waals surface area contributed by atoms with Crippen molar-refractivity contribution in [2.45, 2.75) is 16.7 Å². The van der Waals surface area contributed by atoms with Gasteiger partial charge >= 0.3 is 29.6 Å². The molecule has 0 heterocycles. The number of sulfone groups is 1. The second-order valence-electron chi connectivity index (χ2n) is 6.29. The third-order valence-electron chi connectivity index (χ3n) is 3.76. The molecule has 0 bridgehead atoms. The van der Waals surface area contributed by atoms with Gasteiger partial charge in [0.25, 0.3) is 0 Å². The van der Waals surface area contributed by atoms with Crippen LogP contribution in [0.2, 0.25) is 0 Å². The van der Waals surface area contributed by atoms with Gasteiger partial charge in [0.1, 0.15) is 15.8 Å². The molecule has 34 heavy (non-hydrogen) atoms. The minimum Gasteiger partial charge on any atom is -0.744 e. The fraction of sp³-hybridized carbons (Fsp3) is 0.188. The first-order chi connectivity index (χ1) is 15.1. The van der Waals surface area contributed by atoms with Gasteiger partial charge in [-0.25, -0.2) is 25.3 Å². The van der Waals surface area contributed by atoms with Crippen LogP contribution in [0.1, 0.15) is 6.92 Å². The summed E-state index contributed by atoms with van der Waals surface area (Å²) in [6.07, 6.45) is 0. The van der Waals surface area contributed by atoms with Crippen LogP contribution >= 0.6 is 0 Å². The van der Waals surface area contributed by atoms with Gasteiger partial charge in [0, 0.05) is 6.92 Å². The topological polar surface area (TPSA) is 238 Å². The Bertz CT molecular complexity index is 1410. The summed E-state index contributed by atoms with van der Waals surface area (Å²) >= 11 is 0. The zero-order chi connectivity index (χ0) is 25.0. The Labute approximate surface area is 217 Å². The number of nitrogens with two attached hydrogens (primary N) is 1. The molecule has 0 saturated carbocycles. The van der Waals surface area contributed by atoms with E-state index >= 15 is 0 Å². The van der Waals surface area contributed by atoms with Crippen LogP contribution in [-0.4, -0.2) is 52.6 Å². The van der Waals surface area contributed by atoms with Gasteiger partial charge in [-0.2, -0.15) is 5.11 Å². The van der Waals surface area contributed by atoms with Crippen LogP contribution in [0.3, 0.4) is 0 Å². The molecule has 0 aliphatic rings. The maximum absolute atomic E-state index is 12.1. The molecular weight excluding hydrogens is 527 g/mol. The number of carbonyl (C=O) groups is 1. The summed E-state index contributed by atoms with van der Waals surface area (Å²) in [7, 11) is -14.0. The van der Waals surface area contributed by atoms with E-state index in [1.54, 1.807) is 0 Å². The quantitative estimate of drug-likeness (QED) is 0.113. The van der Waals surface area contributed by atoms with Gasteiger partial charge in [0.15, 0.2) is 9.84 Å². The van der Waals surface area contributed by atoms with Crippen molar-refractivity contribution in [1.29, 1.82) is 0 Å². The molecule has 2 aromatic carbocycles. The molecule has 2 rings (SSSR count). The second-order valence-corrected chi connectivity index (χ2v) is 10.8. The van der Waals surface area contributed by atoms with Crippen molar-refractivity contribution in [3.8, 4) is 0 Å². The van der Waals surface area contributed by atoms with Crippen LogP contribution in [0.4, 0.5) is 22.7 Å². The number of amides is 1. The number of hydrogen-bond donors (Lipinski definition) is 2. The molecule has 2 aromatic rings. The Kier molecular flexibility index (Phi) is 10.3. The minimum atomic E-state index is -5.03. The van der Waals surface area contributed by atoms with Crippen LogP contribution in [0.25, 0.3) is 0 Å². The van der Waals surface area contributed by atoms with E-state index in [0.29, 0.717) is 0 Å². The zero-order valence-corrected chi connectivity index (χ0v) is 22.1. The first-order valence-electron chi connectivity index (χ1n) is 8.60. The molecule has 0 atom stereocenters. The molecule has 0 spiro atoms. The van der Waals surface area contributed by atoms with Gasteiger partial charge in [-0.05, 0) is 36.4 Å². The fourth-order valence-corrected chi connectivity index (χ4v) is 4.46. The van der Waals surface area contributed by atoms with Crippen LogP contribution in [0.15, 0.2) is 56.4 Å². The summed E-state index contributed by atoms with van der Waals surface area (Å²) in [5.41, 5.74) is 5.02. The average Bonchev–Trinajstić information content (AvgIpc) is 2.65. The predicted molar refractivity (Wildman–Crippen MR) is 111 cm³/mol. The van der Waals surface area contributed by atoms with Crippen LogP contribution in [0.5, 0.6) is 0 Å². The van der Waals surface area contributed by atoms with Crippen molar-refractivity contribution in [3.05, 3.63) is 36.4 Å². The van der Waals surface area contributed by atoms with Crippen molar-refractivity contribution >= 4 is 59.0 Å². The number of benzene rings is 2.